The molecule has 0 aromatic heterocycles. The van der Waals surface area contributed by atoms with Crippen molar-refractivity contribution in [2.24, 2.45) is 0 Å². The van der Waals surface area contributed by atoms with Gasteiger partial charge in [0.05, 0.1) is 0 Å². The van der Waals surface area contributed by atoms with Crippen LogP contribution in [0.5, 0.6) is 46.0 Å². The molecule has 13 nitrogen and oxygen atoms in total. The molecule has 0 saturated heterocycles. The van der Waals surface area contributed by atoms with Gasteiger partial charge in [0.1, 0.15) is 46.0 Å². The van der Waals surface area contributed by atoms with Crippen molar-refractivity contribution < 1.29 is 39.4 Å². The van der Waals surface area contributed by atoms with Crippen LogP contribution in [0, 0.1) is 0 Å². The molecule has 0 spiro atoms. The van der Waals surface area contributed by atoms with Gasteiger partial charge >= 0.3 is 0 Å². The molecule has 10 aromatic carbocycles. The van der Waals surface area contributed by atoms with E-state index in [1.54, 1.807) is 50.7 Å². The highest BCUT2D eigenvalue weighted by atomic mass is 35.5. The van der Waals surface area contributed by atoms with Crippen LogP contribution in [0.4, 0.5) is 0 Å². The summed E-state index contributed by atoms with van der Waals surface area (Å²) in [6.45, 7) is 9.04. The zero-order valence-corrected chi connectivity index (χ0v) is 82.7. The van der Waals surface area contributed by atoms with Crippen LogP contribution < -0.4 is 18.9 Å². The Bertz CT molecular complexity index is 4890. The van der Waals surface area contributed by atoms with Crippen molar-refractivity contribution in [1.82, 2.24) is 24.5 Å². The Balaban J connectivity index is 0.000000306. The predicted octanol–water partition coefficient (Wildman–Crippen LogP) is 30.2. The molecule has 4 N–H and O–H groups in total. The van der Waals surface area contributed by atoms with E-state index in [1.165, 1.54) is 214 Å². The minimum Gasteiger partial charge on any atom is -0.507 e. The quantitative estimate of drug-likeness (QED) is 0.00948. The van der Waals surface area contributed by atoms with Gasteiger partial charge < -0.3 is 63.9 Å². The number of thiocarbonyl (C=S) groups is 5. The molecule has 0 aliphatic heterocycles. The highest BCUT2D eigenvalue weighted by Gasteiger charge is 2.27. The van der Waals surface area contributed by atoms with Gasteiger partial charge in [-0.05, 0) is 251 Å². The molecule has 10 aromatic rings. The molecule has 680 valence electrons. The van der Waals surface area contributed by atoms with Crippen LogP contribution in [0.25, 0.3) is 87.6 Å². The lowest BCUT2D eigenvalue weighted by Gasteiger charge is -2.24. The third kappa shape index (κ3) is 32.5. The first kappa shape index (κ1) is 103. The summed E-state index contributed by atoms with van der Waals surface area (Å²) in [5, 5.41) is 53.7. The number of phenols is 4. The summed E-state index contributed by atoms with van der Waals surface area (Å²) < 4.78 is 26.9. The van der Waals surface area contributed by atoms with E-state index in [-0.39, 0.29) is 33.3 Å². The van der Waals surface area contributed by atoms with E-state index in [4.69, 9.17) is 79.4 Å². The molecule has 0 bridgehead atoms. The van der Waals surface area contributed by atoms with Gasteiger partial charge in [-0.15, -0.1) is 0 Å². The molecule has 0 atom stereocenters. The second kappa shape index (κ2) is 54.0. The van der Waals surface area contributed by atoms with E-state index in [2.05, 4.69) is 137 Å². The molecule has 126 heavy (non-hydrogen) atoms. The number of rotatable bonds is 44. The molecule has 0 unspecified atom stereocenters. The van der Waals surface area contributed by atoms with E-state index in [0.717, 1.165) is 106 Å². The van der Waals surface area contributed by atoms with E-state index < -0.39 is 0 Å². The van der Waals surface area contributed by atoms with E-state index in [9.17, 15) is 20.4 Å². The molecule has 0 saturated carbocycles. The smallest absolute Gasteiger partial charge is 0.264 e. The number of unbranched alkanes of at least 4 members (excludes halogenated alkanes) is 28. The average molecular weight is 1820 g/mol. The molecule has 0 heterocycles. The third-order valence-corrected chi connectivity index (χ3v) is 25.8. The summed E-state index contributed by atoms with van der Waals surface area (Å²) in [7, 11) is 18.6. The Hall–Kier alpha value is -8.62. The summed E-state index contributed by atoms with van der Waals surface area (Å²) in [4.78, 5) is 8.77. The van der Waals surface area contributed by atoms with Gasteiger partial charge in [0.25, 0.3) is 20.7 Å². The molecular formula is C107H142ClN5O8S5. The Morgan fingerprint density at radius 2 is 0.421 bits per heavy atom. The molecule has 0 aliphatic carbocycles. The number of fused-ring (bicyclic) bond motifs is 4. The lowest BCUT2D eigenvalue weighted by molar-refractivity contribution is 0.440. The van der Waals surface area contributed by atoms with Crippen molar-refractivity contribution >= 4 is 141 Å². The second-order valence-corrected chi connectivity index (χ2v) is 37.4. The summed E-state index contributed by atoms with van der Waals surface area (Å²) in [5.74, 6) is 2.01. The molecule has 0 amide bonds. The van der Waals surface area contributed by atoms with Crippen molar-refractivity contribution in [2.75, 3.05) is 70.5 Å². The maximum absolute atomic E-state index is 11.2. The minimum absolute atomic E-state index is 0.0421. The number of hydrogen-bond acceptors (Lipinski definition) is 13. The first-order valence-corrected chi connectivity index (χ1v) is 48.9. The number of aromatic hydroxyl groups is 4. The van der Waals surface area contributed by atoms with Crippen LogP contribution in [0.1, 0.15) is 255 Å². The lowest BCUT2D eigenvalue weighted by atomic mass is 9.93. The first-order chi connectivity index (χ1) is 60.6. The number of aryl methyl sites for hydroxylation is 4. The molecule has 0 aliphatic rings. The van der Waals surface area contributed by atoms with Crippen molar-refractivity contribution in [3.8, 4) is 90.5 Å². The Kier molecular flexibility index (Phi) is 44.0. The molecular weight excluding hydrogens is 1680 g/mol. The molecule has 0 radical (unpaired) electrons. The fraction of sp³-hybridized carbons (Fsp3) is 0.467. The topological polar surface area (TPSA) is 134 Å². The Morgan fingerprint density at radius 3 is 0.651 bits per heavy atom. The number of phenolic OH excluding ortho intramolecular Hbond substituents is 4. The van der Waals surface area contributed by atoms with Gasteiger partial charge in [-0.3, -0.25) is 0 Å². The SMILES string of the molecule is CCCCCCCCCCc1ccc2cc(-c3cc(O)c(-c4cc5ccc(CCCCCCCCCC)cc5cc4O)cc3O)c(O)cc2c1.CCCCCCCCCCc1ccc2cc(-c3cc(OC(=S)N(C)C)c(-c4cc5ccc(CCCCCCCCCC)cc5cc4OC(=S)N(C)C)cc3OC(=S)N(C)C)c(OC(=S)N(C)C)cc2c1.CN(C)C(=S)Cl. The van der Waals surface area contributed by atoms with Gasteiger partial charge in [-0.1, -0.05) is 292 Å². The highest BCUT2D eigenvalue weighted by Crippen LogP contribution is 2.50. The minimum atomic E-state index is -0.0843. The van der Waals surface area contributed by atoms with Crippen LogP contribution in [-0.4, -0.2) is 141 Å². The van der Waals surface area contributed by atoms with Crippen molar-refractivity contribution in [3.63, 3.8) is 0 Å². The number of nitrogens with zero attached hydrogens (tertiary/aromatic N) is 5. The Labute approximate surface area is 786 Å². The van der Waals surface area contributed by atoms with Crippen LogP contribution in [0.3, 0.4) is 0 Å². The lowest BCUT2D eigenvalue weighted by Crippen LogP contribution is -2.26. The maximum Gasteiger partial charge on any atom is 0.264 e. The maximum atomic E-state index is 11.2. The summed E-state index contributed by atoms with van der Waals surface area (Å²) >= 11 is 33.1. The van der Waals surface area contributed by atoms with Gasteiger partial charge in [0, 0.05) is 115 Å². The van der Waals surface area contributed by atoms with Gasteiger partial charge in [-0.2, -0.15) is 0 Å². The van der Waals surface area contributed by atoms with Crippen LogP contribution in [-0.2, 0) is 25.7 Å². The van der Waals surface area contributed by atoms with Crippen molar-refractivity contribution in [3.05, 3.63) is 168 Å². The van der Waals surface area contributed by atoms with Gasteiger partial charge in [-0.25, -0.2) is 0 Å². The van der Waals surface area contributed by atoms with Crippen LogP contribution >= 0.6 is 72.7 Å². The van der Waals surface area contributed by atoms with Gasteiger partial charge in [0.15, 0.2) is 4.45 Å². The number of benzene rings is 10. The normalized spacial score (nSPS) is 11.1. The zero-order chi connectivity index (χ0) is 91.2. The molecule has 0 fully saturated rings. The number of halogens is 1. The number of hydrogen-bond donors (Lipinski definition) is 4. The summed E-state index contributed by atoms with van der Waals surface area (Å²) in [5.41, 5.74) is 9.49. The van der Waals surface area contributed by atoms with E-state index in [0.29, 0.717) is 71.2 Å². The van der Waals surface area contributed by atoms with E-state index in [1.807, 2.05) is 80.6 Å². The predicted molar refractivity (Wildman–Crippen MR) is 556 cm³/mol. The molecule has 19 heteroatoms. The van der Waals surface area contributed by atoms with Crippen LogP contribution in [0.2, 0.25) is 0 Å². The highest BCUT2D eigenvalue weighted by molar-refractivity contribution is 7.83. The van der Waals surface area contributed by atoms with Gasteiger partial charge in [0.2, 0.25) is 0 Å². The number of ether oxygens (including phenoxy) is 4. The average Bonchev–Trinajstić information content (AvgIpc) is 0.784. The second-order valence-electron chi connectivity index (χ2n) is 35.0. The van der Waals surface area contributed by atoms with Crippen molar-refractivity contribution in [1.29, 1.82) is 0 Å². The summed E-state index contributed by atoms with van der Waals surface area (Å²) in [6.07, 6.45) is 45.3. The largest absolute Gasteiger partial charge is 0.507 e. The van der Waals surface area contributed by atoms with Crippen molar-refractivity contribution in [2.45, 2.75) is 259 Å². The monoisotopic (exact) mass is 1820 g/mol. The van der Waals surface area contributed by atoms with E-state index >= 15 is 0 Å². The zero-order valence-electron chi connectivity index (χ0n) is 77.9. The standard InChI is InChI=1S/C58H78N4O4S4.C46H58O4.C3H6ClNS/c1-11-13-15-17-19-21-23-25-27-41-29-31-43-35-47(51(37-45(43)33-41)63-55(67)59(3)4)49-39-54(66-58(70)62(9)10)50(40-53(49)65-57(69)61(7)8)48-36-44-32-30-42(28-26-24-22-20-18-16-14-12-2)34-46(44)38-52(48)64-56(68)60(5)6;1-3-5-7-9-11-13-15-17-19-33-21-23-35-27-39(43(47)29-37(35)25-33)41-31-46(50)42(32-45(41)49)40-28-36-24-22-34(26-38(36)30-44(40)48)20-18-16-14-12-10-8-6-4-2;1-5(2)3(4)6/h29-40H,11-28H2,1-10H3;21-32,47-50H,3-20H2,1-2H3;1-2H3. The fourth-order valence-corrected chi connectivity index (χ4v) is 16.1. The Morgan fingerprint density at radius 1 is 0.230 bits per heavy atom. The molecule has 10 rings (SSSR count). The first-order valence-electron chi connectivity index (χ1n) is 46.5. The summed E-state index contributed by atoms with van der Waals surface area (Å²) in [6, 6.07) is 48.6. The van der Waals surface area contributed by atoms with Crippen LogP contribution in [0.15, 0.2) is 146 Å². The fourth-order valence-electron chi connectivity index (χ4n) is 15.7. The third-order valence-electron chi connectivity index (χ3n) is 23.3.